The molecule has 0 amide bonds. The van der Waals surface area contributed by atoms with Crippen LogP contribution in [-0.2, 0) is 0 Å². The minimum atomic E-state index is 0.451. The van der Waals surface area contributed by atoms with Gasteiger partial charge >= 0.3 is 0 Å². The van der Waals surface area contributed by atoms with E-state index in [9.17, 15) is 0 Å². The molecule has 4 heteroatoms. The van der Waals surface area contributed by atoms with Crippen LogP contribution in [0.4, 0.5) is 5.82 Å². The van der Waals surface area contributed by atoms with Crippen LogP contribution in [0.2, 0.25) is 0 Å². The molecule has 1 aliphatic rings. The summed E-state index contributed by atoms with van der Waals surface area (Å²) >= 11 is 2.31. The lowest BCUT2D eigenvalue weighted by atomic mass is 10.1. The lowest BCUT2D eigenvalue weighted by Gasteiger charge is -2.12. The molecule has 0 aliphatic heterocycles. The van der Waals surface area contributed by atoms with Gasteiger partial charge in [0.25, 0.3) is 0 Å². The monoisotopic (exact) mass is 319 g/mol. The zero-order valence-corrected chi connectivity index (χ0v) is 11.7. The Balaban J connectivity index is 2.35. The first kappa shape index (κ1) is 11.2. The third kappa shape index (κ3) is 2.00. The number of hydrogen-bond acceptors (Lipinski definition) is 2. The molecule has 15 heavy (non-hydrogen) atoms. The van der Waals surface area contributed by atoms with Crippen molar-refractivity contribution >= 4 is 28.4 Å². The first-order chi connectivity index (χ1) is 7.02. The van der Waals surface area contributed by atoms with Crippen LogP contribution in [0.15, 0.2) is 0 Å². The second-order valence-electron chi connectivity index (χ2n) is 4.76. The van der Waals surface area contributed by atoms with Crippen LogP contribution in [0.25, 0.3) is 0 Å². The van der Waals surface area contributed by atoms with Crippen molar-refractivity contribution in [3.63, 3.8) is 0 Å². The highest BCUT2D eigenvalue weighted by atomic mass is 127. The first-order valence-electron chi connectivity index (χ1n) is 5.55. The second kappa shape index (κ2) is 3.96. The minimum absolute atomic E-state index is 0.451. The molecular formula is C11H18IN3. The Hall–Kier alpha value is -0.260. The van der Waals surface area contributed by atoms with Crippen LogP contribution in [0.1, 0.15) is 51.3 Å². The van der Waals surface area contributed by atoms with Crippen LogP contribution in [0, 0.1) is 9.49 Å². The van der Waals surface area contributed by atoms with Gasteiger partial charge in [-0.15, -0.1) is 0 Å². The Morgan fingerprint density at radius 1 is 1.40 bits per heavy atom. The predicted molar refractivity (Wildman–Crippen MR) is 70.9 cm³/mol. The highest BCUT2D eigenvalue weighted by molar-refractivity contribution is 14.1. The second-order valence-corrected chi connectivity index (χ2v) is 5.84. The summed E-state index contributed by atoms with van der Waals surface area (Å²) in [6.07, 6.45) is 2.65. The van der Waals surface area contributed by atoms with Gasteiger partial charge in [0.15, 0.2) is 0 Å². The number of hydrogen-bond donors (Lipinski definition) is 1. The summed E-state index contributed by atoms with van der Waals surface area (Å²) in [7, 11) is 0. The quantitative estimate of drug-likeness (QED) is 0.870. The molecule has 1 unspecified atom stereocenters. The molecule has 1 aromatic rings. The maximum Gasteiger partial charge on any atom is 0.135 e. The molecule has 0 bridgehead atoms. The molecule has 84 valence electrons. The highest BCUT2D eigenvalue weighted by Crippen LogP contribution is 2.41. The Morgan fingerprint density at radius 2 is 2.00 bits per heavy atom. The molecule has 1 aliphatic carbocycles. The standard InChI is InChI=1S/C11H18IN3/c1-6(2)10-9(12)11(13)15(14-10)7(3)8-4-5-8/h6-8H,4-5,13H2,1-3H3. The summed E-state index contributed by atoms with van der Waals surface area (Å²) < 4.78 is 3.16. The van der Waals surface area contributed by atoms with E-state index in [1.807, 2.05) is 4.68 Å². The molecule has 1 heterocycles. The van der Waals surface area contributed by atoms with Gasteiger partial charge in [-0.3, -0.25) is 0 Å². The van der Waals surface area contributed by atoms with E-state index in [0.717, 1.165) is 21.0 Å². The molecule has 3 nitrogen and oxygen atoms in total. The summed E-state index contributed by atoms with van der Waals surface area (Å²) in [6.45, 7) is 6.55. The summed E-state index contributed by atoms with van der Waals surface area (Å²) in [5, 5.41) is 4.65. The van der Waals surface area contributed by atoms with Gasteiger partial charge < -0.3 is 5.73 Å². The molecule has 1 aromatic heterocycles. The third-order valence-corrected chi connectivity index (χ3v) is 4.25. The van der Waals surface area contributed by atoms with Crippen LogP contribution >= 0.6 is 22.6 Å². The van der Waals surface area contributed by atoms with Gasteiger partial charge in [-0.25, -0.2) is 4.68 Å². The average molecular weight is 319 g/mol. The molecule has 0 aromatic carbocycles. The molecule has 1 atom stereocenters. The maximum absolute atomic E-state index is 6.10. The minimum Gasteiger partial charge on any atom is -0.383 e. The van der Waals surface area contributed by atoms with Crippen molar-refractivity contribution in [1.82, 2.24) is 9.78 Å². The van der Waals surface area contributed by atoms with E-state index < -0.39 is 0 Å². The summed E-state index contributed by atoms with van der Waals surface area (Å²) in [4.78, 5) is 0. The number of anilines is 1. The van der Waals surface area contributed by atoms with Crippen LogP contribution in [0.3, 0.4) is 0 Å². The van der Waals surface area contributed by atoms with Crippen molar-refractivity contribution in [3.8, 4) is 0 Å². The Morgan fingerprint density at radius 3 is 2.40 bits per heavy atom. The van der Waals surface area contributed by atoms with E-state index in [4.69, 9.17) is 5.73 Å². The molecule has 1 fully saturated rings. The Labute approximate surface area is 105 Å². The predicted octanol–water partition coefficient (Wildman–Crippen LogP) is 3.16. The van der Waals surface area contributed by atoms with Gasteiger partial charge in [0, 0.05) is 0 Å². The Kier molecular flexibility index (Phi) is 2.96. The van der Waals surface area contributed by atoms with Gasteiger partial charge in [0.1, 0.15) is 5.82 Å². The zero-order chi connectivity index (χ0) is 11.2. The van der Waals surface area contributed by atoms with E-state index in [-0.39, 0.29) is 0 Å². The van der Waals surface area contributed by atoms with Gasteiger partial charge in [-0.1, -0.05) is 13.8 Å². The molecular weight excluding hydrogens is 301 g/mol. The van der Waals surface area contributed by atoms with Gasteiger partial charge in [0.05, 0.1) is 15.3 Å². The van der Waals surface area contributed by atoms with Crippen molar-refractivity contribution in [2.45, 2.75) is 45.6 Å². The van der Waals surface area contributed by atoms with E-state index >= 15 is 0 Å². The zero-order valence-electron chi connectivity index (χ0n) is 9.50. The van der Waals surface area contributed by atoms with Crippen LogP contribution in [-0.4, -0.2) is 9.78 Å². The normalized spacial score (nSPS) is 18.5. The fraction of sp³-hybridized carbons (Fsp3) is 0.727. The van der Waals surface area contributed by atoms with Crippen LogP contribution < -0.4 is 5.73 Å². The van der Waals surface area contributed by atoms with Gasteiger partial charge in [-0.2, -0.15) is 5.10 Å². The van der Waals surface area contributed by atoms with E-state index in [2.05, 4.69) is 48.5 Å². The number of nitrogens with zero attached hydrogens (tertiary/aromatic N) is 2. The lowest BCUT2D eigenvalue weighted by molar-refractivity contribution is 0.441. The van der Waals surface area contributed by atoms with Gasteiger partial charge in [0.2, 0.25) is 0 Å². The highest BCUT2D eigenvalue weighted by Gasteiger charge is 2.31. The largest absolute Gasteiger partial charge is 0.383 e. The van der Waals surface area contributed by atoms with E-state index in [0.29, 0.717) is 12.0 Å². The third-order valence-electron chi connectivity index (χ3n) is 3.15. The molecule has 0 spiro atoms. The van der Waals surface area contributed by atoms with Crippen molar-refractivity contribution in [3.05, 3.63) is 9.26 Å². The van der Waals surface area contributed by atoms with Crippen molar-refractivity contribution in [2.75, 3.05) is 5.73 Å². The maximum atomic E-state index is 6.10. The SMILES string of the molecule is CC(C)c1nn(C(C)C2CC2)c(N)c1I. The summed E-state index contributed by atoms with van der Waals surface area (Å²) in [6, 6.07) is 0.464. The number of aromatic nitrogens is 2. The van der Waals surface area contributed by atoms with Gasteiger partial charge in [-0.05, 0) is 54.2 Å². The molecule has 2 rings (SSSR count). The summed E-state index contributed by atoms with van der Waals surface area (Å²) in [5.41, 5.74) is 7.24. The topological polar surface area (TPSA) is 43.8 Å². The molecule has 0 saturated heterocycles. The van der Waals surface area contributed by atoms with E-state index in [1.165, 1.54) is 12.8 Å². The van der Waals surface area contributed by atoms with Crippen molar-refractivity contribution in [2.24, 2.45) is 5.92 Å². The fourth-order valence-corrected chi connectivity index (χ4v) is 2.88. The van der Waals surface area contributed by atoms with E-state index in [1.54, 1.807) is 0 Å². The molecule has 0 radical (unpaired) electrons. The number of halogens is 1. The first-order valence-corrected chi connectivity index (χ1v) is 6.63. The van der Waals surface area contributed by atoms with Crippen molar-refractivity contribution in [1.29, 1.82) is 0 Å². The lowest BCUT2D eigenvalue weighted by Crippen LogP contribution is -2.12. The van der Waals surface area contributed by atoms with Crippen LogP contribution in [0.5, 0.6) is 0 Å². The molecule has 1 saturated carbocycles. The number of nitrogens with two attached hydrogens (primary N) is 1. The smallest absolute Gasteiger partial charge is 0.135 e. The Bertz CT molecular complexity index is 366. The fourth-order valence-electron chi connectivity index (χ4n) is 1.90. The molecule has 2 N–H and O–H groups in total. The van der Waals surface area contributed by atoms with Crippen molar-refractivity contribution < 1.29 is 0 Å². The number of nitrogen functional groups attached to an aromatic ring is 1. The average Bonchev–Trinajstić information content (AvgIpc) is 2.95. The summed E-state index contributed by atoms with van der Waals surface area (Å²) in [5.74, 6) is 2.09. The number of rotatable bonds is 3.